The van der Waals surface area contributed by atoms with E-state index in [4.69, 9.17) is 9.47 Å². The van der Waals surface area contributed by atoms with Crippen molar-refractivity contribution >= 4 is 5.69 Å². The van der Waals surface area contributed by atoms with Crippen molar-refractivity contribution in [2.24, 2.45) is 0 Å². The Kier molecular flexibility index (Phi) is 3.95. The fraction of sp³-hybridized carbons (Fsp3) is 0.571. The third-order valence-electron chi connectivity index (χ3n) is 3.74. The second-order valence-electron chi connectivity index (χ2n) is 5.04. The summed E-state index contributed by atoms with van der Waals surface area (Å²) in [6, 6.07) is 3.90. The molecule has 0 aromatic heterocycles. The Balaban J connectivity index is 1.93. The summed E-state index contributed by atoms with van der Waals surface area (Å²) in [4.78, 5) is 2.19. The van der Waals surface area contributed by atoms with E-state index in [9.17, 15) is 10.2 Å². The Morgan fingerprint density at radius 1 is 1.20 bits per heavy atom. The number of rotatable bonds is 3. The first kappa shape index (κ1) is 13.5. The standard InChI is InChI=1S/C14H20N2O4/c17-8-10-1-2-12(14-13(10)19-5-6-20-14)16-4-3-15-11(7-16)9-18/h1-2,11,15,17-18H,3-9H2. The molecule has 1 saturated heterocycles. The van der Waals surface area contributed by atoms with Gasteiger partial charge in [-0.2, -0.15) is 0 Å². The molecule has 1 atom stereocenters. The van der Waals surface area contributed by atoms with Crippen LogP contribution in [0.5, 0.6) is 11.5 Å². The van der Waals surface area contributed by atoms with Crippen LogP contribution < -0.4 is 19.7 Å². The summed E-state index contributed by atoms with van der Waals surface area (Å²) in [5.41, 5.74) is 1.72. The molecule has 3 rings (SSSR count). The Hall–Kier alpha value is -1.50. The van der Waals surface area contributed by atoms with Gasteiger partial charge >= 0.3 is 0 Å². The van der Waals surface area contributed by atoms with Crippen LogP contribution in [0.1, 0.15) is 5.56 Å². The maximum Gasteiger partial charge on any atom is 0.185 e. The molecule has 1 fully saturated rings. The normalized spacial score (nSPS) is 21.9. The molecular formula is C14H20N2O4. The largest absolute Gasteiger partial charge is 0.486 e. The number of benzene rings is 1. The third-order valence-corrected chi connectivity index (χ3v) is 3.74. The number of aliphatic hydroxyl groups is 2. The van der Waals surface area contributed by atoms with Crippen molar-refractivity contribution in [3.8, 4) is 11.5 Å². The molecular weight excluding hydrogens is 260 g/mol. The Morgan fingerprint density at radius 2 is 2.00 bits per heavy atom. The number of hydrogen-bond donors (Lipinski definition) is 3. The fourth-order valence-electron chi connectivity index (χ4n) is 2.72. The van der Waals surface area contributed by atoms with Crippen LogP contribution in [0, 0.1) is 0 Å². The number of hydrogen-bond acceptors (Lipinski definition) is 6. The highest BCUT2D eigenvalue weighted by atomic mass is 16.6. The molecule has 3 N–H and O–H groups in total. The molecule has 110 valence electrons. The van der Waals surface area contributed by atoms with Gasteiger partial charge in [-0.25, -0.2) is 0 Å². The van der Waals surface area contributed by atoms with Gasteiger partial charge in [0.2, 0.25) is 0 Å². The average molecular weight is 280 g/mol. The minimum absolute atomic E-state index is 0.0627. The van der Waals surface area contributed by atoms with Crippen molar-refractivity contribution in [2.75, 3.05) is 44.4 Å². The van der Waals surface area contributed by atoms with Crippen LogP contribution >= 0.6 is 0 Å². The molecule has 2 aliphatic heterocycles. The van der Waals surface area contributed by atoms with E-state index in [1.54, 1.807) is 0 Å². The van der Waals surface area contributed by atoms with Crippen LogP contribution in [0.3, 0.4) is 0 Å². The Bertz CT molecular complexity index is 480. The maximum atomic E-state index is 9.38. The van der Waals surface area contributed by atoms with E-state index in [-0.39, 0.29) is 19.3 Å². The molecule has 20 heavy (non-hydrogen) atoms. The minimum atomic E-state index is -0.0627. The second-order valence-corrected chi connectivity index (χ2v) is 5.04. The van der Waals surface area contributed by atoms with Crippen molar-refractivity contribution < 1.29 is 19.7 Å². The predicted octanol–water partition coefficient (Wildman–Crippen LogP) is -0.279. The van der Waals surface area contributed by atoms with Crippen LogP contribution in [-0.2, 0) is 6.61 Å². The molecule has 0 amide bonds. The first-order chi connectivity index (χ1) is 9.83. The van der Waals surface area contributed by atoms with E-state index in [0.29, 0.717) is 24.7 Å². The monoisotopic (exact) mass is 280 g/mol. The van der Waals surface area contributed by atoms with E-state index in [1.807, 2.05) is 12.1 Å². The Morgan fingerprint density at radius 3 is 2.75 bits per heavy atom. The van der Waals surface area contributed by atoms with Gasteiger partial charge in [-0.15, -0.1) is 0 Å². The van der Waals surface area contributed by atoms with Crippen molar-refractivity contribution in [2.45, 2.75) is 12.6 Å². The molecule has 2 aliphatic rings. The maximum absolute atomic E-state index is 9.38. The number of piperazine rings is 1. The minimum Gasteiger partial charge on any atom is -0.486 e. The van der Waals surface area contributed by atoms with Gasteiger partial charge in [-0.1, -0.05) is 6.07 Å². The van der Waals surface area contributed by atoms with E-state index < -0.39 is 0 Å². The smallest absolute Gasteiger partial charge is 0.185 e. The number of anilines is 1. The molecule has 0 aliphatic carbocycles. The summed E-state index contributed by atoms with van der Waals surface area (Å²) in [6.07, 6.45) is 0. The topological polar surface area (TPSA) is 74.2 Å². The number of ether oxygens (including phenoxy) is 2. The first-order valence-electron chi connectivity index (χ1n) is 6.95. The lowest BCUT2D eigenvalue weighted by Gasteiger charge is -2.36. The average Bonchev–Trinajstić information content (AvgIpc) is 2.54. The first-order valence-corrected chi connectivity index (χ1v) is 6.95. The van der Waals surface area contributed by atoms with E-state index in [2.05, 4.69) is 10.2 Å². The van der Waals surface area contributed by atoms with Gasteiger partial charge in [-0.05, 0) is 6.07 Å². The lowest BCUT2D eigenvalue weighted by molar-refractivity contribution is 0.165. The van der Waals surface area contributed by atoms with E-state index in [1.165, 1.54) is 0 Å². The highest BCUT2D eigenvalue weighted by Gasteiger charge is 2.26. The number of nitrogens with one attached hydrogen (secondary N) is 1. The van der Waals surface area contributed by atoms with E-state index >= 15 is 0 Å². The summed E-state index contributed by atoms with van der Waals surface area (Å²) in [7, 11) is 0. The Labute approximate surface area is 117 Å². The van der Waals surface area contributed by atoms with Gasteiger partial charge < -0.3 is 29.9 Å². The van der Waals surface area contributed by atoms with Crippen LogP contribution in [0.4, 0.5) is 5.69 Å². The quantitative estimate of drug-likeness (QED) is 0.707. The molecule has 1 aromatic carbocycles. The van der Waals surface area contributed by atoms with Gasteiger partial charge in [-0.3, -0.25) is 0 Å². The van der Waals surface area contributed by atoms with Crippen molar-refractivity contribution in [1.82, 2.24) is 5.32 Å². The molecule has 0 spiro atoms. The van der Waals surface area contributed by atoms with Crippen LogP contribution in [-0.4, -0.2) is 55.7 Å². The molecule has 0 bridgehead atoms. The van der Waals surface area contributed by atoms with Crippen molar-refractivity contribution in [3.63, 3.8) is 0 Å². The lowest BCUT2D eigenvalue weighted by Crippen LogP contribution is -2.52. The van der Waals surface area contributed by atoms with Crippen molar-refractivity contribution in [1.29, 1.82) is 0 Å². The summed E-state index contributed by atoms with van der Waals surface area (Å²) in [5.74, 6) is 1.36. The number of nitrogens with zero attached hydrogens (tertiary/aromatic N) is 1. The molecule has 0 saturated carbocycles. The summed E-state index contributed by atoms with van der Waals surface area (Å²) in [6.45, 7) is 3.48. The van der Waals surface area contributed by atoms with Crippen LogP contribution in [0.25, 0.3) is 0 Å². The SMILES string of the molecule is OCc1ccc(N2CCNC(CO)C2)c2c1OCCO2. The van der Waals surface area contributed by atoms with Gasteiger partial charge in [0.25, 0.3) is 0 Å². The van der Waals surface area contributed by atoms with Gasteiger partial charge in [0.15, 0.2) is 11.5 Å². The highest BCUT2D eigenvalue weighted by molar-refractivity contribution is 5.68. The highest BCUT2D eigenvalue weighted by Crippen LogP contribution is 2.42. The zero-order valence-electron chi connectivity index (χ0n) is 11.3. The third kappa shape index (κ3) is 2.42. The number of aliphatic hydroxyl groups excluding tert-OH is 2. The fourth-order valence-corrected chi connectivity index (χ4v) is 2.72. The molecule has 6 nitrogen and oxygen atoms in total. The number of fused-ring (bicyclic) bond motifs is 1. The van der Waals surface area contributed by atoms with E-state index in [0.717, 1.165) is 30.9 Å². The van der Waals surface area contributed by atoms with Crippen LogP contribution in [0.15, 0.2) is 12.1 Å². The summed E-state index contributed by atoms with van der Waals surface area (Å²) < 4.78 is 11.4. The zero-order chi connectivity index (χ0) is 13.9. The molecule has 1 aromatic rings. The molecule has 0 radical (unpaired) electrons. The molecule has 1 unspecified atom stereocenters. The molecule has 6 heteroatoms. The van der Waals surface area contributed by atoms with Gasteiger partial charge in [0.1, 0.15) is 13.2 Å². The van der Waals surface area contributed by atoms with Crippen LogP contribution in [0.2, 0.25) is 0 Å². The zero-order valence-corrected chi connectivity index (χ0v) is 11.3. The molecule has 2 heterocycles. The van der Waals surface area contributed by atoms with Gasteiger partial charge in [0, 0.05) is 31.2 Å². The summed E-state index contributed by atoms with van der Waals surface area (Å²) >= 11 is 0. The predicted molar refractivity (Wildman–Crippen MR) is 74.4 cm³/mol. The van der Waals surface area contributed by atoms with Gasteiger partial charge in [0.05, 0.1) is 18.9 Å². The lowest BCUT2D eigenvalue weighted by atomic mass is 10.1. The second kappa shape index (κ2) is 5.87. The summed E-state index contributed by atoms with van der Waals surface area (Å²) in [5, 5.41) is 21.9. The van der Waals surface area contributed by atoms with Crippen molar-refractivity contribution in [3.05, 3.63) is 17.7 Å².